The Bertz CT molecular complexity index is 2360. The van der Waals surface area contributed by atoms with E-state index < -0.39 is 69.6 Å². The number of amides is 2. The van der Waals surface area contributed by atoms with Crippen LogP contribution in [0.1, 0.15) is 116 Å². The van der Waals surface area contributed by atoms with Gasteiger partial charge in [0, 0.05) is 64.3 Å². The molecule has 0 radical (unpaired) electrons. The molecule has 22 nitrogen and oxygen atoms in total. The second-order valence-electron chi connectivity index (χ2n) is 23.7. The number of ketones is 4. The van der Waals surface area contributed by atoms with Gasteiger partial charge in [-0.25, -0.2) is 0 Å². The van der Waals surface area contributed by atoms with E-state index in [1.54, 1.807) is 7.11 Å². The van der Waals surface area contributed by atoms with Crippen LogP contribution >= 0.6 is 0 Å². The molecule has 1 aliphatic heterocycles. The zero-order chi connectivity index (χ0) is 65.0. The Labute approximate surface area is 530 Å². The summed E-state index contributed by atoms with van der Waals surface area (Å²) in [6, 6.07) is 16.5. The van der Waals surface area contributed by atoms with Crippen LogP contribution < -0.4 is 10.6 Å². The zero-order valence-electron chi connectivity index (χ0n) is 54.1. The first-order valence-electron chi connectivity index (χ1n) is 32.0. The Kier molecular flexibility index (Phi) is 42.0. The third-order valence-corrected chi connectivity index (χ3v) is 15.9. The molecule has 0 spiro atoms. The number of benzene rings is 2. The van der Waals surface area contributed by atoms with Crippen molar-refractivity contribution in [2.45, 2.75) is 136 Å². The van der Waals surface area contributed by atoms with Crippen molar-refractivity contribution in [1.29, 1.82) is 0 Å². The number of unbranched alkanes of at least 4 members (excludes halogenated alkanes) is 2. The molecule has 89 heavy (non-hydrogen) atoms. The Morgan fingerprint density at radius 2 is 1.06 bits per heavy atom. The molecular weight excluding hydrogens is 1170 g/mol. The number of nitrogens with zero attached hydrogens (tertiary/aromatic N) is 1. The van der Waals surface area contributed by atoms with Crippen molar-refractivity contribution in [3.8, 4) is 0 Å². The van der Waals surface area contributed by atoms with Gasteiger partial charge in [-0.1, -0.05) is 94.8 Å². The number of Topliss-reactive ketones (excluding diaryl/α,β-unsaturated/α-hetero) is 4. The molecule has 2 amide bonds. The van der Waals surface area contributed by atoms with Crippen LogP contribution in [0.5, 0.6) is 0 Å². The second kappa shape index (κ2) is 47.4. The molecule has 5 atom stereocenters. The molecule has 2 aromatic rings. The third kappa shape index (κ3) is 38.2. The summed E-state index contributed by atoms with van der Waals surface area (Å²) in [5.74, 6) is -4.68. The standard InChI is InChI=1S/C66H107N3O19S/c1-52(2)45-60(67-64(74)56(24-23-54-17-10-7-11-18-54)48-59(71)50-69-25-28-81-29-26-69)62(72)49-57(47-55-19-12-8-13-20-55)65(75)68-61(46-53(3)4)63(73)66(5,76)51-88-89(77,78)44-15-9-14-21-58(70)22-16-27-80-32-33-83-36-37-85-40-41-87-43-42-86-39-38-84-35-34-82-31-30-79-6/h7-8,10-13,17-20,52-53,56-57,60-61,76H,9,14-16,21-51H2,1-6H3,(H,67,74)(H,68,75)/t56-,57-,60+,61+,66?/m1/s1. The normalized spacial score (nSPS) is 15.1. The van der Waals surface area contributed by atoms with Crippen molar-refractivity contribution in [2.24, 2.45) is 23.7 Å². The van der Waals surface area contributed by atoms with Crippen molar-refractivity contribution < 1.29 is 89.1 Å². The maximum absolute atomic E-state index is 14.5. The topological polar surface area (TPSA) is 276 Å². The highest BCUT2D eigenvalue weighted by molar-refractivity contribution is 7.86. The van der Waals surface area contributed by atoms with E-state index in [1.165, 1.54) is 0 Å². The number of hydrogen-bond donors (Lipinski definition) is 3. The third-order valence-electron chi connectivity index (χ3n) is 14.7. The molecule has 0 saturated carbocycles. The summed E-state index contributed by atoms with van der Waals surface area (Å²) in [4.78, 5) is 85.6. The van der Waals surface area contributed by atoms with Gasteiger partial charge in [-0.2, -0.15) is 8.42 Å². The number of hydrogen-bond acceptors (Lipinski definition) is 20. The van der Waals surface area contributed by atoms with E-state index in [9.17, 15) is 42.3 Å². The quantitative estimate of drug-likeness (QED) is 0.0525. The van der Waals surface area contributed by atoms with Crippen LogP contribution in [0.2, 0.25) is 0 Å². The lowest BCUT2D eigenvalue weighted by atomic mass is 9.86. The van der Waals surface area contributed by atoms with Crippen molar-refractivity contribution in [2.75, 3.05) is 151 Å². The highest BCUT2D eigenvalue weighted by Crippen LogP contribution is 2.23. The molecular formula is C66H107N3O19S. The van der Waals surface area contributed by atoms with E-state index in [2.05, 4.69) is 10.6 Å². The summed E-state index contributed by atoms with van der Waals surface area (Å²) >= 11 is 0. The van der Waals surface area contributed by atoms with Crippen LogP contribution in [-0.2, 0) is 98.5 Å². The van der Waals surface area contributed by atoms with Crippen LogP contribution in [0.25, 0.3) is 0 Å². The van der Waals surface area contributed by atoms with Gasteiger partial charge < -0.3 is 58.4 Å². The Morgan fingerprint density at radius 3 is 1.58 bits per heavy atom. The Hall–Kier alpha value is -4.47. The number of nitrogens with one attached hydrogen (secondary N) is 2. The summed E-state index contributed by atoms with van der Waals surface area (Å²) in [7, 11) is -2.58. The Morgan fingerprint density at radius 1 is 0.584 bits per heavy atom. The minimum Gasteiger partial charge on any atom is -0.382 e. The Balaban J connectivity index is 1.42. The highest BCUT2D eigenvalue weighted by atomic mass is 32.2. The first kappa shape index (κ1) is 78.8. The van der Waals surface area contributed by atoms with E-state index in [0.717, 1.165) is 18.1 Å². The van der Waals surface area contributed by atoms with Gasteiger partial charge in [0.1, 0.15) is 23.8 Å². The number of carbonyl (C=O) groups excluding carboxylic acids is 6. The molecule has 0 aliphatic carbocycles. The van der Waals surface area contributed by atoms with Gasteiger partial charge in [0.25, 0.3) is 10.1 Å². The molecule has 2 aromatic carbocycles. The monoisotopic (exact) mass is 1280 g/mol. The number of aryl methyl sites for hydroxylation is 1. The molecule has 1 saturated heterocycles. The number of carbonyl (C=O) groups is 6. The van der Waals surface area contributed by atoms with Gasteiger partial charge in [0.2, 0.25) is 11.8 Å². The molecule has 1 fully saturated rings. The summed E-state index contributed by atoms with van der Waals surface area (Å²) in [6.45, 7) is 17.2. The molecule has 506 valence electrons. The first-order chi connectivity index (χ1) is 42.8. The number of aliphatic hydroxyl groups is 1. The fourth-order valence-corrected chi connectivity index (χ4v) is 10.9. The molecule has 1 aliphatic rings. The van der Waals surface area contributed by atoms with Crippen LogP contribution in [0.3, 0.4) is 0 Å². The van der Waals surface area contributed by atoms with Gasteiger partial charge >= 0.3 is 0 Å². The molecule has 1 heterocycles. The van der Waals surface area contributed by atoms with Crippen molar-refractivity contribution in [3.05, 3.63) is 71.8 Å². The van der Waals surface area contributed by atoms with Gasteiger partial charge in [-0.15, -0.1) is 0 Å². The lowest BCUT2D eigenvalue weighted by molar-refractivity contribution is -0.143. The van der Waals surface area contributed by atoms with Gasteiger partial charge in [0.15, 0.2) is 11.6 Å². The number of methoxy groups -OCH3 is 1. The minimum atomic E-state index is -4.21. The lowest BCUT2D eigenvalue weighted by Gasteiger charge is -2.30. The maximum Gasteiger partial charge on any atom is 0.267 e. The molecule has 23 heteroatoms. The van der Waals surface area contributed by atoms with Crippen LogP contribution in [0.15, 0.2) is 60.7 Å². The summed E-state index contributed by atoms with van der Waals surface area (Å²) in [5, 5.41) is 17.3. The van der Waals surface area contributed by atoms with Crippen LogP contribution in [0, 0.1) is 23.7 Å². The minimum absolute atomic E-state index is 0.00687. The summed E-state index contributed by atoms with van der Waals surface area (Å²) in [5.41, 5.74) is -0.582. The fraction of sp³-hybridized carbons (Fsp3) is 0.727. The largest absolute Gasteiger partial charge is 0.382 e. The van der Waals surface area contributed by atoms with Crippen molar-refractivity contribution >= 4 is 45.1 Å². The average molecular weight is 1280 g/mol. The van der Waals surface area contributed by atoms with E-state index in [1.807, 2.05) is 93.3 Å². The lowest BCUT2D eigenvalue weighted by Crippen LogP contribution is -2.54. The van der Waals surface area contributed by atoms with Crippen molar-refractivity contribution in [3.63, 3.8) is 0 Å². The highest BCUT2D eigenvalue weighted by Gasteiger charge is 2.40. The number of rotatable bonds is 56. The van der Waals surface area contributed by atoms with E-state index in [-0.39, 0.29) is 80.7 Å². The molecule has 3 N–H and O–H groups in total. The van der Waals surface area contributed by atoms with Crippen LogP contribution in [0.4, 0.5) is 0 Å². The van der Waals surface area contributed by atoms with E-state index >= 15 is 0 Å². The van der Waals surface area contributed by atoms with Gasteiger partial charge in [-0.05, 0) is 81.3 Å². The van der Waals surface area contributed by atoms with E-state index in [4.69, 9.17) is 46.8 Å². The summed E-state index contributed by atoms with van der Waals surface area (Å²) < 4.78 is 80.0. The maximum atomic E-state index is 14.5. The average Bonchev–Trinajstić information content (AvgIpc) is 2.54. The van der Waals surface area contributed by atoms with Crippen LogP contribution in [-0.4, -0.2) is 222 Å². The number of ether oxygens (including phenoxy) is 9. The first-order valence-corrected chi connectivity index (χ1v) is 33.6. The second-order valence-corrected chi connectivity index (χ2v) is 25.4. The fourth-order valence-electron chi connectivity index (χ4n) is 9.77. The predicted molar refractivity (Wildman–Crippen MR) is 337 cm³/mol. The summed E-state index contributed by atoms with van der Waals surface area (Å²) in [6.07, 6.45) is 3.32. The van der Waals surface area contributed by atoms with Gasteiger partial charge in [0.05, 0.1) is 130 Å². The smallest absolute Gasteiger partial charge is 0.267 e. The number of morpholine rings is 1. The molecule has 0 bridgehead atoms. The molecule has 0 aromatic heterocycles. The zero-order valence-corrected chi connectivity index (χ0v) is 55.0. The van der Waals surface area contributed by atoms with Crippen molar-refractivity contribution in [1.82, 2.24) is 15.5 Å². The molecule has 3 rings (SSSR count). The van der Waals surface area contributed by atoms with Gasteiger partial charge in [-0.3, -0.25) is 37.9 Å². The SMILES string of the molecule is COCCOCCOCCOCCOCCOCCOCCOCCCC(=O)CCCCCS(=O)(=O)OCC(C)(O)C(=O)[C@H](CC(C)C)NC(=O)[C@@H](CC(=O)[C@H](CC(C)C)NC(=O)[C@H](CCc1ccccc1)CC(=O)CN1CCOCC1)Cc1ccccc1. The predicted octanol–water partition coefficient (Wildman–Crippen LogP) is 5.75. The van der Waals surface area contributed by atoms with E-state index in [0.29, 0.717) is 164 Å². The molecule has 1 unspecified atom stereocenters.